The number of amides is 1. The third-order valence-electron chi connectivity index (χ3n) is 5.16. The van der Waals surface area contributed by atoms with Crippen molar-refractivity contribution in [3.63, 3.8) is 0 Å². The van der Waals surface area contributed by atoms with E-state index in [4.69, 9.17) is 0 Å². The molecule has 1 aromatic rings. The largest absolute Gasteiger partial charge is 0.336 e. The van der Waals surface area contributed by atoms with Gasteiger partial charge in [-0.2, -0.15) is 0 Å². The van der Waals surface area contributed by atoms with Gasteiger partial charge in [0.05, 0.1) is 17.5 Å². The number of Topliss-reactive ketones (excluding diaryl/α,β-unsaturated/α-hetero) is 1. The van der Waals surface area contributed by atoms with Crippen molar-refractivity contribution in [2.24, 2.45) is 0 Å². The Bertz CT molecular complexity index is 773. The molecule has 0 aliphatic carbocycles. The van der Waals surface area contributed by atoms with Crippen molar-refractivity contribution in [1.82, 2.24) is 9.80 Å². The van der Waals surface area contributed by atoms with E-state index in [1.807, 2.05) is 19.1 Å². The van der Waals surface area contributed by atoms with Gasteiger partial charge in [0, 0.05) is 37.7 Å². The summed E-state index contributed by atoms with van der Waals surface area (Å²) in [6, 6.07) is 7.04. The van der Waals surface area contributed by atoms with Crippen LogP contribution in [-0.2, 0) is 21.2 Å². The van der Waals surface area contributed by atoms with Crippen molar-refractivity contribution >= 4 is 21.5 Å². The summed E-state index contributed by atoms with van der Waals surface area (Å²) in [7, 11) is -3.13. The predicted octanol–water partition coefficient (Wildman–Crippen LogP) is 1.11. The molecule has 2 fully saturated rings. The number of ketones is 1. The summed E-state index contributed by atoms with van der Waals surface area (Å²) in [6.07, 6.45) is 0.399. The molecule has 2 saturated heterocycles. The highest BCUT2D eigenvalue weighted by atomic mass is 32.2. The molecule has 2 atom stereocenters. The zero-order valence-corrected chi connectivity index (χ0v) is 15.5. The number of nitrogens with zero attached hydrogens (tertiary/aromatic N) is 2. The molecule has 7 heteroatoms. The van der Waals surface area contributed by atoms with Crippen LogP contribution in [0, 0.1) is 0 Å². The second-order valence-corrected chi connectivity index (χ2v) is 9.03. The molecule has 0 spiro atoms. The summed E-state index contributed by atoms with van der Waals surface area (Å²) >= 11 is 0. The highest BCUT2D eigenvalue weighted by Crippen LogP contribution is 2.28. The summed E-state index contributed by atoms with van der Waals surface area (Å²) in [5, 5.41) is 0. The number of piperazine rings is 1. The molecule has 1 aromatic carbocycles. The number of sulfone groups is 1. The molecule has 25 heavy (non-hydrogen) atoms. The van der Waals surface area contributed by atoms with Crippen molar-refractivity contribution in [3.8, 4) is 0 Å². The Morgan fingerprint density at radius 1 is 1.08 bits per heavy atom. The maximum atomic E-state index is 12.2. The van der Waals surface area contributed by atoms with Crippen molar-refractivity contribution < 1.29 is 18.0 Å². The van der Waals surface area contributed by atoms with Crippen LogP contribution in [0.15, 0.2) is 24.3 Å². The molecule has 0 radical (unpaired) electrons. The first-order valence-electron chi connectivity index (χ1n) is 8.64. The highest BCUT2D eigenvalue weighted by molar-refractivity contribution is 7.91. The number of fused-ring (bicyclic) bond motifs is 1. The molecule has 0 saturated carbocycles. The first kappa shape index (κ1) is 18.1. The molecule has 1 amide bonds. The summed E-state index contributed by atoms with van der Waals surface area (Å²) in [5.41, 5.74) is 1.71. The molecular formula is C18H24N2O4S. The molecule has 2 aliphatic rings. The van der Waals surface area contributed by atoms with Gasteiger partial charge in [-0.05, 0) is 12.5 Å². The Hall–Kier alpha value is -1.73. The van der Waals surface area contributed by atoms with Gasteiger partial charge in [-0.3, -0.25) is 14.5 Å². The second-order valence-electron chi connectivity index (χ2n) is 6.88. The van der Waals surface area contributed by atoms with E-state index in [1.165, 1.54) is 6.92 Å². The fourth-order valence-electron chi connectivity index (χ4n) is 3.81. The van der Waals surface area contributed by atoms with Gasteiger partial charge in [-0.25, -0.2) is 8.42 Å². The van der Waals surface area contributed by atoms with Crippen LogP contribution in [0.1, 0.15) is 36.2 Å². The van der Waals surface area contributed by atoms with Gasteiger partial charge < -0.3 is 4.90 Å². The molecule has 2 heterocycles. The number of carbonyl (C=O) groups is 2. The normalized spacial score (nSPS) is 25.6. The van der Waals surface area contributed by atoms with E-state index < -0.39 is 9.84 Å². The van der Waals surface area contributed by atoms with Gasteiger partial charge >= 0.3 is 0 Å². The van der Waals surface area contributed by atoms with Crippen LogP contribution in [0.25, 0.3) is 0 Å². The van der Waals surface area contributed by atoms with Gasteiger partial charge in [0.15, 0.2) is 15.6 Å². The fraction of sp³-hybridized carbons (Fsp3) is 0.556. The molecular weight excluding hydrogens is 340 g/mol. The van der Waals surface area contributed by atoms with E-state index in [0.717, 1.165) is 5.56 Å². The Morgan fingerprint density at radius 2 is 1.72 bits per heavy atom. The van der Waals surface area contributed by atoms with Gasteiger partial charge in [-0.1, -0.05) is 31.2 Å². The minimum atomic E-state index is -3.13. The highest BCUT2D eigenvalue weighted by Gasteiger charge is 2.47. The standard InChI is InChI=1S/C18H24N2O4S/c1-3-18(22)20-9-8-19(16-11-25(23,24)12-17(16)20)10-14-4-6-15(7-5-14)13(2)21/h4-7,16-17H,3,8-12H2,1-2H3/t16-,17+/m0/s1. The van der Waals surface area contributed by atoms with Crippen LogP contribution >= 0.6 is 0 Å². The van der Waals surface area contributed by atoms with Crippen LogP contribution in [0.4, 0.5) is 0 Å². The van der Waals surface area contributed by atoms with E-state index in [0.29, 0.717) is 31.6 Å². The fourth-order valence-corrected chi connectivity index (χ4v) is 5.83. The van der Waals surface area contributed by atoms with Gasteiger partial charge in [-0.15, -0.1) is 0 Å². The lowest BCUT2D eigenvalue weighted by Crippen LogP contribution is -2.60. The SMILES string of the molecule is CCC(=O)N1CCN(Cc2ccc(C(C)=O)cc2)[C@H]2CS(=O)(=O)C[C@H]21. The molecule has 0 N–H and O–H groups in total. The van der Waals surface area contributed by atoms with Crippen LogP contribution in [0.3, 0.4) is 0 Å². The molecule has 6 nitrogen and oxygen atoms in total. The van der Waals surface area contributed by atoms with Crippen LogP contribution in [0.5, 0.6) is 0 Å². The van der Waals surface area contributed by atoms with Crippen molar-refractivity contribution in [2.75, 3.05) is 24.6 Å². The Labute approximate surface area is 148 Å². The molecule has 3 rings (SSSR count). The van der Waals surface area contributed by atoms with Crippen molar-refractivity contribution in [1.29, 1.82) is 0 Å². The lowest BCUT2D eigenvalue weighted by atomic mass is 10.0. The first-order valence-corrected chi connectivity index (χ1v) is 10.5. The number of carbonyl (C=O) groups excluding carboxylic acids is 2. The van der Waals surface area contributed by atoms with E-state index in [1.54, 1.807) is 17.0 Å². The summed E-state index contributed by atoms with van der Waals surface area (Å²) < 4.78 is 24.3. The topological polar surface area (TPSA) is 74.8 Å². The zero-order valence-electron chi connectivity index (χ0n) is 14.6. The molecule has 0 aromatic heterocycles. The average molecular weight is 364 g/mol. The van der Waals surface area contributed by atoms with E-state index in [-0.39, 0.29) is 35.3 Å². The van der Waals surface area contributed by atoms with Gasteiger partial charge in [0.1, 0.15) is 0 Å². The molecule has 2 aliphatic heterocycles. The quantitative estimate of drug-likeness (QED) is 0.748. The Morgan fingerprint density at radius 3 is 2.32 bits per heavy atom. The van der Waals surface area contributed by atoms with E-state index in [9.17, 15) is 18.0 Å². The van der Waals surface area contributed by atoms with Crippen LogP contribution in [-0.4, -0.2) is 66.6 Å². The number of benzene rings is 1. The second kappa shape index (κ2) is 6.88. The van der Waals surface area contributed by atoms with Crippen LogP contribution < -0.4 is 0 Å². The maximum absolute atomic E-state index is 12.2. The molecule has 0 unspecified atom stereocenters. The zero-order chi connectivity index (χ0) is 18.2. The van der Waals surface area contributed by atoms with E-state index >= 15 is 0 Å². The summed E-state index contributed by atoms with van der Waals surface area (Å²) in [6.45, 7) is 5.20. The number of hydrogen-bond acceptors (Lipinski definition) is 5. The number of rotatable bonds is 4. The minimum Gasteiger partial charge on any atom is -0.336 e. The minimum absolute atomic E-state index is 0.0255. The van der Waals surface area contributed by atoms with Crippen molar-refractivity contribution in [2.45, 2.75) is 38.9 Å². The first-order chi connectivity index (χ1) is 11.8. The number of hydrogen-bond donors (Lipinski definition) is 0. The average Bonchev–Trinajstić information content (AvgIpc) is 2.90. The molecule has 136 valence electrons. The van der Waals surface area contributed by atoms with E-state index in [2.05, 4.69) is 4.90 Å². The van der Waals surface area contributed by atoms with Gasteiger partial charge in [0.2, 0.25) is 5.91 Å². The van der Waals surface area contributed by atoms with Crippen LogP contribution in [0.2, 0.25) is 0 Å². The Balaban J connectivity index is 1.78. The van der Waals surface area contributed by atoms with Gasteiger partial charge in [0.25, 0.3) is 0 Å². The lowest BCUT2D eigenvalue weighted by Gasteiger charge is -2.44. The predicted molar refractivity (Wildman–Crippen MR) is 95.1 cm³/mol. The monoisotopic (exact) mass is 364 g/mol. The smallest absolute Gasteiger partial charge is 0.222 e. The molecule has 0 bridgehead atoms. The third kappa shape index (κ3) is 3.77. The third-order valence-corrected chi connectivity index (χ3v) is 6.86. The Kier molecular flexibility index (Phi) is 4.97. The summed E-state index contributed by atoms with van der Waals surface area (Å²) in [4.78, 5) is 27.5. The maximum Gasteiger partial charge on any atom is 0.222 e. The van der Waals surface area contributed by atoms with Crippen molar-refractivity contribution in [3.05, 3.63) is 35.4 Å². The summed E-state index contributed by atoms with van der Waals surface area (Å²) in [5.74, 6) is 0.220. The lowest BCUT2D eigenvalue weighted by molar-refractivity contribution is -0.136.